The lowest BCUT2D eigenvalue weighted by Crippen LogP contribution is -2.54. The number of nitrogens with one attached hydrogen (secondary N) is 1. The van der Waals surface area contributed by atoms with E-state index in [0.29, 0.717) is 32.7 Å². The molecule has 5 rings (SSSR count). The highest BCUT2D eigenvalue weighted by Crippen LogP contribution is 2.29. The Balaban J connectivity index is 1.26. The van der Waals surface area contributed by atoms with E-state index in [2.05, 4.69) is 10.2 Å². The second-order valence-electron chi connectivity index (χ2n) is 8.66. The third-order valence-electron chi connectivity index (χ3n) is 6.55. The maximum atomic E-state index is 14.1. The zero-order valence-electron chi connectivity index (χ0n) is 18.2. The van der Waals surface area contributed by atoms with Gasteiger partial charge in [-0.05, 0) is 36.2 Å². The van der Waals surface area contributed by atoms with E-state index in [1.807, 2.05) is 0 Å². The van der Waals surface area contributed by atoms with Crippen LogP contribution in [0.3, 0.4) is 0 Å². The Morgan fingerprint density at radius 1 is 0.912 bits per heavy atom. The van der Waals surface area contributed by atoms with Crippen LogP contribution in [0.2, 0.25) is 0 Å². The van der Waals surface area contributed by atoms with Crippen LogP contribution in [-0.4, -0.2) is 65.6 Å². The predicted octanol–water partition coefficient (Wildman–Crippen LogP) is 1.69. The first-order valence-corrected chi connectivity index (χ1v) is 11.1. The van der Waals surface area contributed by atoms with E-state index in [0.717, 1.165) is 16.5 Å². The Labute approximate surface area is 194 Å². The van der Waals surface area contributed by atoms with Crippen molar-refractivity contribution in [1.82, 2.24) is 15.1 Å². The average molecular weight is 468 g/mol. The van der Waals surface area contributed by atoms with Gasteiger partial charge in [-0.1, -0.05) is 12.1 Å². The maximum Gasteiger partial charge on any atom is 0.262 e. The minimum atomic E-state index is -0.996. The molecule has 1 atom stereocenters. The predicted molar refractivity (Wildman–Crippen MR) is 117 cm³/mol. The molecule has 10 heteroatoms. The molecule has 1 N–H and O–H groups in total. The summed E-state index contributed by atoms with van der Waals surface area (Å²) in [6.45, 7) is 2.79. The first kappa shape index (κ1) is 22.1. The van der Waals surface area contributed by atoms with Crippen molar-refractivity contribution < 1.29 is 28.0 Å². The fourth-order valence-electron chi connectivity index (χ4n) is 4.76. The average Bonchev–Trinajstić information content (AvgIpc) is 3.06. The van der Waals surface area contributed by atoms with Crippen molar-refractivity contribution in [3.05, 3.63) is 64.7 Å². The van der Waals surface area contributed by atoms with Crippen LogP contribution in [-0.2, 0) is 16.1 Å². The van der Waals surface area contributed by atoms with Crippen molar-refractivity contribution in [2.75, 3.05) is 31.1 Å². The summed E-state index contributed by atoms with van der Waals surface area (Å²) in [5, 5.41) is 2.18. The number of carbonyl (C=O) groups is 4. The van der Waals surface area contributed by atoms with E-state index in [9.17, 15) is 28.0 Å². The number of carbonyl (C=O) groups excluding carboxylic acids is 4. The van der Waals surface area contributed by atoms with Gasteiger partial charge in [0.2, 0.25) is 11.8 Å². The number of benzene rings is 2. The van der Waals surface area contributed by atoms with Gasteiger partial charge in [0, 0.05) is 39.1 Å². The number of imide groups is 2. The third kappa shape index (κ3) is 3.83. The summed E-state index contributed by atoms with van der Waals surface area (Å²) in [6.07, 6.45) is 0.180. The molecule has 2 saturated heterocycles. The number of piperazine rings is 1. The van der Waals surface area contributed by atoms with Crippen LogP contribution < -0.4 is 10.2 Å². The van der Waals surface area contributed by atoms with Crippen molar-refractivity contribution in [3.63, 3.8) is 0 Å². The quantitative estimate of drug-likeness (QED) is 0.687. The number of rotatable bonds is 4. The largest absolute Gasteiger partial charge is 0.367 e. The Hall–Kier alpha value is -3.66. The van der Waals surface area contributed by atoms with Crippen molar-refractivity contribution in [2.24, 2.45) is 0 Å². The van der Waals surface area contributed by atoms with E-state index in [-0.39, 0.29) is 29.7 Å². The van der Waals surface area contributed by atoms with Crippen molar-refractivity contribution in [3.8, 4) is 0 Å². The fraction of sp³-hybridized carbons (Fsp3) is 0.333. The lowest BCUT2D eigenvalue weighted by Gasteiger charge is -2.36. The van der Waals surface area contributed by atoms with E-state index >= 15 is 0 Å². The van der Waals surface area contributed by atoms with E-state index < -0.39 is 41.3 Å². The molecule has 4 amide bonds. The summed E-state index contributed by atoms with van der Waals surface area (Å²) >= 11 is 0. The normalized spacial score (nSPS) is 21.2. The molecule has 0 spiro atoms. The molecule has 2 aromatic rings. The van der Waals surface area contributed by atoms with Gasteiger partial charge in [-0.3, -0.25) is 34.3 Å². The van der Waals surface area contributed by atoms with Crippen LogP contribution in [0.1, 0.15) is 39.1 Å². The molecule has 0 aliphatic carbocycles. The zero-order valence-corrected chi connectivity index (χ0v) is 18.2. The van der Waals surface area contributed by atoms with Crippen LogP contribution in [0, 0.1) is 11.6 Å². The highest BCUT2D eigenvalue weighted by molar-refractivity contribution is 6.23. The molecule has 1 unspecified atom stereocenters. The molecule has 3 aliphatic heterocycles. The van der Waals surface area contributed by atoms with Crippen molar-refractivity contribution in [1.29, 1.82) is 0 Å². The standard InChI is InChI=1S/C24H22F2N4O4/c25-17-2-1-3-18(21(17)26)29-10-8-28(9-11-29)13-14-4-5-15-16(12-14)24(34)30(23(15)33)19-6-7-20(31)27-22(19)32/h1-5,12,19H,6-11,13H2,(H,27,31,32). The Morgan fingerprint density at radius 3 is 2.38 bits per heavy atom. The SMILES string of the molecule is O=C1CCC(N2C(=O)c3ccc(CN4CCN(c5cccc(F)c5F)CC4)cc3C2=O)C(=O)N1. The highest BCUT2D eigenvalue weighted by atomic mass is 19.2. The summed E-state index contributed by atoms with van der Waals surface area (Å²) in [6, 6.07) is 8.18. The number of hydrogen-bond acceptors (Lipinski definition) is 6. The Bertz CT molecular complexity index is 1210. The van der Waals surface area contributed by atoms with Crippen LogP contribution in [0.5, 0.6) is 0 Å². The summed E-state index contributed by atoms with van der Waals surface area (Å²) in [7, 11) is 0. The van der Waals surface area contributed by atoms with Gasteiger partial charge < -0.3 is 4.90 Å². The monoisotopic (exact) mass is 468 g/mol. The number of hydrogen-bond donors (Lipinski definition) is 1. The molecule has 0 bridgehead atoms. The Kier molecular flexibility index (Phi) is 5.60. The number of amides is 4. The highest BCUT2D eigenvalue weighted by Gasteiger charge is 2.44. The van der Waals surface area contributed by atoms with E-state index in [1.165, 1.54) is 6.07 Å². The molecule has 0 aromatic heterocycles. The van der Waals surface area contributed by atoms with Crippen molar-refractivity contribution >= 4 is 29.3 Å². The number of piperidine rings is 1. The van der Waals surface area contributed by atoms with Gasteiger partial charge in [0.15, 0.2) is 11.6 Å². The third-order valence-corrected chi connectivity index (χ3v) is 6.55. The summed E-state index contributed by atoms with van der Waals surface area (Å²) in [4.78, 5) is 54.3. The van der Waals surface area contributed by atoms with E-state index in [4.69, 9.17) is 0 Å². The van der Waals surface area contributed by atoms with Gasteiger partial charge in [-0.15, -0.1) is 0 Å². The van der Waals surface area contributed by atoms with Gasteiger partial charge >= 0.3 is 0 Å². The first-order chi connectivity index (χ1) is 16.3. The van der Waals surface area contributed by atoms with Crippen LogP contribution >= 0.6 is 0 Å². The number of halogens is 2. The second kappa shape index (κ2) is 8.60. The number of fused-ring (bicyclic) bond motifs is 1. The molecular formula is C24H22F2N4O4. The van der Waals surface area contributed by atoms with Gasteiger partial charge in [0.1, 0.15) is 6.04 Å². The van der Waals surface area contributed by atoms with Gasteiger partial charge in [-0.25, -0.2) is 8.78 Å². The molecule has 176 valence electrons. The summed E-state index contributed by atoms with van der Waals surface area (Å²) in [5.74, 6) is -3.85. The molecule has 34 heavy (non-hydrogen) atoms. The lowest BCUT2D eigenvalue weighted by atomic mass is 10.0. The zero-order chi connectivity index (χ0) is 24.0. The van der Waals surface area contributed by atoms with Crippen molar-refractivity contribution in [2.45, 2.75) is 25.4 Å². The summed E-state index contributed by atoms with van der Waals surface area (Å²) < 4.78 is 27.6. The van der Waals surface area contributed by atoms with Crippen LogP contribution in [0.4, 0.5) is 14.5 Å². The maximum absolute atomic E-state index is 14.1. The number of anilines is 1. The minimum absolute atomic E-state index is 0.0700. The molecule has 2 aromatic carbocycles. The first-order valence-electron chi connectivity index (χ1n) is 11.1. The van der Waals surface area contributed by atoms with Gasteiger partial charge in [-0.2, -0.15) is 0 Å². The smallest absolute Gasteiger partial charge is 0.262 e. The Morgan fingerprint density at radius 2 is 1.65 bits per heavy atom. The minimum Gasteiger partial charge on any atom is -0.367 e. The molecule has 0 radical (unpaired) electrons. The number of nitrogens with zero attached hydrogens (tertiary/aromatic N) is 3. The van der Waals surface area contributed by atoms with E-state index in [1.54, 1.807) is 29.2 Å². The topological polar surface area (TPSA) is 90.0 Å². The molecular weight excluding hydrogens is 446 g/mol. The summed E-state index contributed by atoms with van der Waals surface area (Å²) in [5.41, 5.74) is 1.56. The molecule has 3 heterocycles. The molecule has 2 fully saturated rings. The van der Waals surface area contributed by atoms with Gasteiger partial charge in [0.25, 0.3) is 11.8 Å². The molecule has 0 saturated carbocycles. The van der Waals surface area contributed by atoms with Crippen LogP contribution in [0.15, 0.2) is 36.4 Å². The van der Waals surface area contributed by atoms with Crippen LogP contribution in [0.25, 0.3) is 0 Å². The molecule has 8 nitrogen and oxygen atoms in total. The lowest BCUT2D eigenvalue weighted by molar-refractivity contribution is -0.136. The second-order valence-corrected chi connectivity index (χ2v) is 8.66. The van der Waals surface area contributed by atoms with Gasteiger partial charge in [0.05, 0.1) is 16.8 Å². The fourth-order valence-corrected chi connectivity index (χ4v) is 4.76. The molecule has 3 aliphatic rings.